The topological polar surface area (TPSA) is 67.4 Å². The van der Waals surface area contributed by atoms with E-state index >= 15 is 0 Å². The number of amides is 1. The molecule has 0 aromatic heterocycles. The molecule has 2 aromatic rings. The number of carbonyl (C=O) groups excluding carboxylic acids is 2. The molecule has 2 N–H and O–H groups in total. The van der Waals surface area contributed by atoms with E-state index in [1.165, 1.54) is 12.5 Å². The predicted molar refractivity (Wildman–Crippen MR) is 110 cm³/mol. The molecule has 0 bridgehead atoms. The van der Waals surface area contributed by atoms with Crippen molar-refractivity contribution in [2.45, 2.75) is 20.3 Å². The Labute approximate surface area is 166 Å². The number of ketones is 1. The average molecular weight is 435 g/mol. The zero-order valence-corrected chi connectivity index (χ0v) is 16.9. The van der Waals surface area contributed by atoms with E-state index in [1.54, 1.807) is 24.3 Å². The molecule has 5 nitrogen and oxygen atoms in total. The van der Waals surface area contributed by atoms with Crippen LogP contribution in [0.15, 0.2) is 46.9 Å². The summed E-state index contributed by atoms with van der Waals surface area (Å²) in [6.07, 6.45) is 0.921. The van der Waals surface area contributed by atoms with Crippen molar-refractivity contribution in [2.24, 2.45) is 0 Å². The summed E-state index contributed by atoms with van der Waals surface area (Å²) >= 11 is 8.55. The van der Waals surface area contributed by atoms with E-state index in [4.69, 9.17) is 17.0 Å². The predicted octanol–water partition coefficient (Wildman–Crippen LogP) is 4.11. The van der Waals surface area contributed by atoms with Gasteiger partial charge in [0.15, 0.2) is 17.5 Å². The third-order valence-corrected chi connectivity index (χ3v) is 4.37. The van der Waals surface area contributed by atoms with Crippen molar-refractivity contribution < 1.29 is 14.3 Å². The molecule has 0 radical (unpaired) electrons. The maximum absolute atomic E-state index is 12.0. The highest BCUT2D eigenvalue weighted by Gasteiger charge is 2.09. The van der Waals surface area contributed by atoms with Gasteiger partial charge >= 0.3 is 0 Å². The smallest absolute Gasteiger partial charge is 0.264 e. The molecule has 136 valence electrons. The van der Waals surface area contributed by atoms with E-state index < -0.39 is 0 Å². The van der Waals surface area contributed by atoms with Gasteiger partial charge in [-0.1, -0.05) is 25.1 Å². The lowest BCUT2D eigenvalue weighted by Crippen LogP contribution is -2.37. The Balaban J connectivity index is 1.86. The van der Waals surface area contributed by atoms with Crippen molar-refractivity contribution in [2.75, 3.05) is 11.9 Å². The first-order valence-corrected chi connectivity index (χ1v) is 9.22. The second-order valence-electron chi connectivity index (χ2n) is 5.55. The molecule has 2 rings (SSSR count). The molecule has 0 aliphatic rings. The van der Waals surface area contributed by atoms with E-state index in [2.05, 4.69) is 33.5 Å². The van der Waals surface area contributed by atoms with Crippen LogP contribution >= 0.6 is 28.1 Å². The van der Waals surface area contributed by atoms with Crippen molar-refractivity contribution >= 4 is 50.6 Å². The molecule has 1 amide bonds. The maximum atomic E-state index is 12.0. The number of ether oxygens (including phenoxy) is 1. The highest BCUT2D eigenvalue weighted by molar-refractivity contribution is 9.10. The normalized spacial score (nSPS) is 10.1. The molecule has 0 spiro atoms. The van der Waals surface area contributed by atoms with Gasteiger partial charge in [-0.3, -0.25) is 14.9 Å². The van der Waals surface area contributed by atoms with Gasteiger partial charge in [0.05, 0.1) is 4.47 Å². The standard InChI is InChI=1S/C19H19BrN2O3S/c1-3-13-7-8-17(16(20)9-13)25-11-18(24)22-19(26)21-15-6-4-5-14(10-15)12(2)23/h4-10H,3,11H2,1-2H3,(H2,21,22,24,26). The Morgan fingerprint density at radius 1 is 1.19 bits per heavy atom. The van der Waals surface area contributed by atoms with E-state index in [0.29, 0.717) is 17.0 Å². The van der Waals surface area contributed by atoms with Crippen LogP contribution in [0.25, 0.3) is 0 Å². The fraction of sp³-hybridized carbons (Fsp3) is 0.211. The minimum atomic E-state index is -0.378. The zero-order valence-electron chi connectivity index (χ0n) is 14.5. The second-order valence-corrected chi connectivity index (χ2v) is 6.81. The molecule has 0 aliphatic heterocycles. The van der Waals surface area contributed by atoms with Crippen LogP contribution in [0, 0.1) is 0 Å². The van der Waals surface area contributed by atoms with E-state index in [9.17, 15) is 9.59 Å². The number of halogens is 1. The number of nitrogens with one attached hydrogen (secondary N) is 2. The third-order valence-electron chi connectivity index (χ3n) is 3.54. The van der Waals surface area contributed by atoms with E-state index in [-0.39, 0.29) is 23.4 Å². The van der Waals surface area contributed by atoms with E-state index in [1.807, 2.05) is 18.2 Å². The molecule has 0 saturated carbocycles. The molecule has 0 fully saturated rings. The van der Waals surface area contributed by atoms with Crippen LogP contribution in [0.4, 0.5) is 5.69 Å². The molecule has 0 heterocycles. The minimum absolute atomic E-state index is 0.0447. The molecular weight excluding hydrogens is 416 g/mol. The van der Waals surface area contributed by atoms with Gasteiger partial charge in [-0.2, -0.15) is 0 Å². The van der Waals surface area contributed by atoms with Crippen molar-refractivity contribution in [3.8, 4) is 5.75 Å². The molecule has 0 aliphatic carbocycles. The third kappa shape index (κ3) is 5.93. The van der Waals surface area contributed by atoms with Crippen LogP contribution in [0.3, 0.4) is 0 Å². The second kappa shape index (κ2) is 9.45. The van der Waals surface area contributed by atoms with E-state index in [0.717, 1.165) is 10.9 Å². The van der Waals surface area contributed by atoms with Crippen molar-refractivity contribution in [1.29, 1.82) is 0 Å². The quantitative estimate of drug-likeness (QED) is 0.528. The monoisotopic (exact) mass is 434 g/mol. The molecular formula is C19H19BrN2O3S. The van der Waals surface area contributed by atoms with Crippen molar-refractivity contribution in [3.63, 3.8) is 0 Å². The van der Waals surface area contributed by atoms with Gasteiger partial charge in [0.25, 0.3) is 5.91 Å². The van der Waals surface area contributed by atoms with Crippen LogP contribution in [0.5, 0.6) is 5.75 Å². The summed E-state index contributed by atoms with van der Waals surface area (Å²) in [6, 6.07) is 12.6. The van der Waals surface area contributed by atoms with Crippen LogP contribution in [0.2, 0.25) is 0 Å². The highest BCUT2D eigenvalue weighted by atomic mass is 79.9. The lowest BCUT2D eigenvalue weighted by atomic mass is 10.1. The van der Waals surface area contributed by atoms with Crippen LogP contribution < -0.4 is 15.4 Å². The first-order chi connectivity index (χ1) is 12.4. The fourth-order valence-corrected chi connectivity index (χ4v) is 2.94. The van der Waals surface area contributed by atoms with Gasteiger partial charge < -0.3 is 10.1 Å². The van der Waals surface area contributed by atoms with Crippen LogP contribution in [0.1, 0.15) is 29.8 Å². The van der Waals surface area contributed by atoms with Gasteiger partial charge in [0.2, 0.25) is 0 Å². The average Bonchev–Trinajstić information content (AvgIpc) is 2.60. The fourth-order valence-electron chi connectivity index (χ4n) is 2.17. The Morgan fingerprint density at radius 2 is 1.96 bits per heavy atom. The number of carbonyl (C=O) groups is 2. The summed E-state index contributed by atoms with van der Waals surface area (Å²) in [4.78, 5) is 23.4. The maximum Gasteiger partial charge on any atom is 0.264 e. The lowest BCUT2D eigenvalue weighted by molar-refractivity contribution is -0.121. The molecule has 26 heavy (non-hydrogen) atoms. The number of rotatable bonds is 6. The first kappa shape index (κ1) is 20.1. The van der Waals surface area contributed by atoms with Gasteiger partial charge in [-0.15, -0.1) is 0 Å². The summed E-state index contributed by atoms with van der Waals surface area (Å²) in [6.45, 7) is 3.39. The number of thiocarbonyl (C=S) groups is 1. The summed E-state index contributed by atoms with van der Waals surface area (Å²) < 4.78 is 6.31. The highest BCUT2D eigenvalue weighted by Crippen LogP contribution is 2.26. The minimum Gasteiger partial charge on any atom is -0.483 e. The van der Waals surface area contributed by atoms with Crippen molar-refractivity contribution in [1.82, 2.24) is 5.32 Å². The van der Waals surface area contributed by atoms with Crippen LogP contribution in [-0.2, 0) is 11.2 Å². The number of hydrogen-bond acceptors (Lipinski definition) is 4. The molecule has 0 saturated heterocycles. The summed E-state index contributed by atoms with van der Waals surface area (Å²) in [7, 11) is 0. The largest absolute Gasteiger partial charge is 0.483 e. The Morgan fingerprint density at radius 3 is 2.62 bits per heavy atom. The Hall–Kier alpha value is -2.25. The Bertz CT molecular complexity index is 839. The molecule has 0 atom stereocenters. The Kier molecular flexibility index (Phi) is 7.29. The van der Waals surface area contributed by atoms with Gasteiger partial charge in [-0.05, 0) is 71.3 Å². The number of benzene rings is 2. The molecule has 0 unspecified atom stereocenters. The number of hydrogen-bond donors (Lipinski definition) is 2. The van der Waals surface area contributed by atoms with Gasteiger partial charge in [-0.25, -0.2) is 0 Å². The number of aryl methyl sites for hydroxylation is 1. The SMILES string of the molecule is CCc1ccc(OCC(=O)NC(=S)Nc2cccc(C(C)=O)c2)c(Br)c1. The molecule has 7 heteroatoms. The van der Waals surface area contributed by atoms with Gasteiger partial charge in [0.1, 0.15) is 5.75 Å². The lowest BCUT2D eigenvalue weighted by Gasteiger charge is -2.12. The summed E-state index contributed by atoms with van der Waals surface area (Å²) in [5.41, 5.74) is 2.36. The summed E-state index contributed by atoms with van der Waals surface area (Å²) in [5, 5.41) is 5.56. The molecule has 2 aromatic carbocycles. The number of anilines is 1. The zero-order chi connectivity index (χ0) is 19.1. The van der Waals surface area contributed by atoms with Gasteiger partial charge in [0, 0.05) is 11.3 Å². The summed E-state index contributed by atoms with van der Waals surface area (Å²) in [5.74, 6) is 0.166. The first-order valence-electron chi connectivity index (χ1n) is 8.02. The number of Topliss-reactive ketones (excluding diaryl/α,β-unsaturated/α-hetero) is 1. The van der Waals surface area contributed by atoms with Crippen LogP contribution in [-0.4, -0.2) is 23.4 Å². The van der Waals surface area contributed by atoms with Crippen molar-refractivity contribution in [3.05, 3.63) is 58.1 Å².